The average Bonchev–Trinajstić information content (AvgIpc) is 2.99. The van der Waals surface area contributed by atoms with Gasteiger partial charge in [-0.15, -0.1) is 5.10 Å². The van der Waals surface area contributed by atoms with Crippen LogP contribution in [0.15, 0.2) is 42.5 Å². The normalized spacial score (nSPS) is 12.1. The van der Waals surface area contributed by atoms with Crippen molar-refractivity contribution in [2.45, 2.75) is 19.5 Å². The van der Waals surface area contributed by atoms with Crippen molar-refractivity contribution in [3.8, 4) is 0 Å². The second-order valence-electron chi connectivity index (χ2n) is 5.39. The van der Waals surface area contributed by atoms with Crippen LogP contribution in [-0.4, -0.2) is 26.2 Å². The molecule has 2 aromatic carbocycles. The van der Waals surface area contributed by atoms with Gasteiger partial charge < -0.3 is 10.6 Å². The number of aryl methyl sites for hydroxylation is 1. The van der Waals surface area contributed by atoms with Gasteiger partial charge in [-0.2, -0.15) is 0 Å². The summed E-state index contributed by atoms with van der Waals surface area (Å²) in [7, 11) is 1.74. The van der Waals surface area contributed by atoms with Gasteiger partial charge in [-0.1, -0.05) is 36.4 Å². The third-order valence-corrected chi connectivity index (χ3v) is 3.65. The van der Waals surface area contributed by atoms with Crippen LogP contribution in [0.4, 0.5) is 4.79 Å². The Morgan fingerprint density at radius 3 is 2.74 bits per heavy atom. The maximum Gasteiger partial charge on any atom is 0.315 e. The highest BCUT2D eigenvalue weighted by Crippen LogP contribution is 2.15. The van der Waals surface area contributed by atoms with E-state index in [9.17, 15) is 4.79 Å². The molecule has 0 aliphatic rings. The van der Waals surface area contributed by atoms with Crippen molar-refractivity contribution < 1.29 is 4.79 Å². The lowest BCUT2D eigenvalue weighted by molar-refractivity contribution is 0.237. The zero-order chi connectivity index (χ0) is 16.2. The number of nitrogens with zero attached hydrogens (tertiary/aromatic N) is 4. The Balaban J connectivity index is 1.58. The van der Waals surface area contributed by atoms with Crippen molar-refractivity contribution in [1.29, 1.82) is 0 Å². The molecule has 1 atom stereocenters. The first kappa shape index (κ1) is 15.0. The minimum Gasteiger partial charge on any atom is -0.334 e. The number of urea groups is 1. The van der Waals surface area contributed by atoms with Crippen LogP contribution >= 0.6 is 0 Å². The maximum absolute atomic E-state index is 12.0. The van der Waals surface area contributed by atoms with Gasteiger partial charge in [0.1, 0.15) is 0 Å². The second-order valence-corrected chi connectivity index (χ2v) is 5.39. The zero-order valence-electron chi connectivity index (χ0n) is 13.0. The lowest BCUT2D eigenvalue weighted by atomic mass is 10.1. The number of amides is 2. The van der Waals surface area contributed by atoms with Crippen molar-refractivity contribution >= 4 is 16.8 Å². The van der Waals surface area contributed by atoms with Crippen molar-refractivity contribution in [2.75, 3.05) is 0 Å². The van der Waals surface area contributed by atoms with Gasteiger partial charge in [-0.25, -0.2) is 9.48 Å². The summed E-state index contributed by atoms with van der Waals surface area (Å²) in [6, 6.07) is 13.7. The highest BCUT2D eigenvalue weighted by atomic mass is 16.2. The number of carbonyl (C=O) groups is 1. The largest absolute Gasteiger partial charge is 0.334 e. The Labute approximate surface area is 133 Å². The minimum absolute atomic E-state index is 0.256. The van der Waals surface area contributed by atoms with E-state index in [4.69, 9.17) is 0 Å². The van der Waals surface area contributed by atoms with Crippen LogP contribution in [0.3, 0.4) is 0 Å². The van der Waals surface area contributed by atoms with E-state index in [1.54, 1.807) is 7.05 Å². The minimum atomic E-state index is -0.272. The number of fused-ring (bicyclic) bond motifs is 1. The average molecular weight is 310 g/mol. The maximum atomic E-state index is 12.0. The Hall–Kier alpha value is -2.96. The summed E-state index contributed by atoms with van der Waals surface area (Å²) in [4.78, 5) is 12.0. The number of carbonyl (C=O) groups excluding carboxylic acids is 1. The number of aromatic nitrogens is 4. The van der Waals surface area contributed by atoms with Gasteiger partial charge in [0.25, 0.3) is 0 Å². The molecule has 118 valence electrons. The first-order valence-corrected chi connectivity index (χ1v) is 7.38. The molecule has 2 N–H and O–H groups in total. The molecular weight excluding hydrogens is 292 g/mol. The fourth-order valence-corrected chi connectivity index (χ4v) is 2.45. The highest BCUT2D eigenvalue weighted by molar-refractivity contribution is 5.83. The van der Waals surface area contributed by atoms with Gasteiger partial charge in [0.05, 0.1) is 6.04 Å². The molecule has 7 heteroatoms. The molecule has 3 aromatic rings. The lowest BCUT2D eigenvalue weighted by Gasteiger charge is -2.13. The van der Waals surface area contributed by atoms with Gasteiger partial charge >= 0.3 is 6.03 Å². The molecular formula is C16H18N6O. The lowest BCUT2D eigenvalue weighted by Crippen LogP contribution is -2.37. The van der Waals surface area contributed by atoms with Gasteiger partial charge in [0.2, 0.25) is 0 Å². The molecule has 1 aromatic heterocycles. The zero-order valence-corrected chi connectivity index (χ0v) is 13.0. The topological polar surface area (TPSA) is 84.7 Å². The summed E-state index contributed by atoms with van der Waals surface area (Å²) in [6.07, 6.45) is 0. The first-order chi connectivity index (χ1) is 11.1. The van der Waals surface area contributed by atoms with Crippen LogP contribution in [-0.2, 0) is 13.6 Å². The van der Waals surface area contributed by atoms with E-state index in [0.717, 1.165) is 10.9 Å². The van der Waals surface area contributed by atoms with Crippen molar-refractivity contribution in [2.24, 2.45) is 7.05 Å². The van der Waals surface area contributed by atoms with Crippen molar-refractivity contribution in [1.82, 2.24) is 30.8 Å². The number of hydrogen-bond donors (Lipinski definition) is 2. The standard InChI is InChI=1S/C16H18N6O/c1-11(15-19-20-21-22(15)2)18-16(23)17-10-12-7-8-13-5-3-4-6-14(13)9-12/h3-9,11H,10H2,1-2H3,(H2,17,18,23)/t11-/m0/s1. The quantitative estimate of drug-likeness (QED) is 0.771. The third-order valence-electron chi connectivity index (χ3n) is 3.65. The van der Waals surface area contributed by atoms with E-state index in [1.807, 2.05) is 25.1 Å². The predicted molar refractivity (Wildman–Crippen MR) is 86.5 cm³/mol. The van der Waals surface area contributed by atoms with Crippen LogP contribution in [0.2, 0.25) is 0 Å². The molecule has 0 fully saturated rings. The SMILES string of the molecule is C[C@H](NC(=O)NCc1ccc2ccccc2c1)c1nnnn1C. The summed E-state index contributed by atoms with van der Waals surface area (Å²) in [5.74, 6) is 0.603. The molecule has 23 heavy (non-hydrogen) atoms. The van der Waals surface area contributed by atoms with E-state index in [0.29, 0.717) is 12.4 Å². The van der Waals surface area contributed by atoms with Gasteiger partial charge in [-0.05, 0) is 39.8 Å². The van der Waals surface area contributed by atoms with E-state index < -0.39 is 0 Å². The van der Waals surface area contributed by atoms with Crippen LogP contribution in [0, 0.1) is 0 Å². The molecule has 7 nitrogen and oxygen atoms in total. The van der Waals surface area contributed by atoms with Gasteiger partial charge in [0.15, 0.2) is 5.82 Å². The highest BCUT2D eigenvalue weighted by Gasteiger charge is 2.14. The summed E-state index contributed by atoms with van der Waals surface area (Å²) in [5.41, 5.74) is 1.05. The first-order valence-electron chi connectivity index (χ1n) is 7.38. The summed E-state index contributed by atoms with van der Waals surface area (Å²) in [6.45, 7) is 2.29. The van der Waals surface area contributed by atoms with Crippen LogP contribution in [0.1, 0.15) is 24.4 Å². The van der Waals surface area contributed by atoms with Crippen LogP contribution < -0.4 is 10.6 Å². The molecule has 0 aliphatic heterocycles. The Bertz CT molecular complexity index is 828. The Morgan fingerprint density at radius 1 is 1.22 bits per heavy atom. The third kappa shape index (κ3) is 3.45. The molecule has 0 unspecified atom stereocenters. The molecule has 2 amide bonds. The van der Waals surface area contributed by atoms with E-state index in [2.05, 4.69) is 50.4 Å². The van der Waals surface area contributed by atoms with Crippen LogP contribution in [0.5, 0.6) is 0 Å². The molecule has 1 heterocycles. The number of nitrogens with one attached hydrogen (secondary N) is 2. The monoisotopic (exact) mass is 310 g/mol. The number of benzene rings is 2. The molecule has 0 saturated heterocycles. The molecule has 0 bridgehead atoms. The fourth-order valence-electron chi connectivity index (χ4n) is 2.45. The number of hydrogen-bond acceptors (Lipinski definition) is 4. The summed E-state index contributed by atoms with van der Waals surface area (Å²) < 4.78 is 1.54. The molecule has 0 spiro atoms. The Morgan fingerprint density at radius 2 is 2.00 bits per heavy atom. The second kappa shape index (κ2) is 6.43. The van der Waals surface area contributed by atoms with Crippen molar-refractivity contribution in [3.63, 3.8) is 0 Å². The molecule has 3 rings (SSSR count). The summed E-state index contributed by atoms with van der Waals surface area (Å²) >= 11 is 0. The van der Waals surface area contributed by atoms with E-state index in [1.165, 1.54) is 10.1 Å². The predicted octanol–water partition coefficient (Wildman–Crippen LogP) is 1.92. The van der Waals surface area contributed by atoms with Gasteiger partial charge in [-0.3, -0.25) is 0 Å². The fraction of sp³-hybridized carbons (Fsp3) is 0.250. The Kier molecular flexibility index (Phi) is 4.18. The van der Waals surface area contributed by atoms with Crippen LogP contribution in [0.25, 0.3) is 10.8 Å². The van der Waals surface area contributed by atoms with Crippen molar-refractivity contribution in [3.05, 3.63) is 53.9 Å². The van der Waals surface area contributed by atoms with E-state index >= 15 is 0 Å². The molecule has 0 aliphatic carbocycles. The van der Waals surface area contributed by atoms with E-state index in [-0.39, 0.29) is 12.1 Å². The smallest absolute Gasteiger partial charge is 0.315 e. The molecule has 0 radical (unpaired) electrons. The molecule has 0 saturated carbocycles. The number of rotatable bonds is 4. The van der Waals surface area contributed by atoms with Gasteiger partial charge in [0, 0.05) is 13.6 Å². The summed E-state index contributed by atoms with van der Waals surface area (Å²) in [5, 5.41) is 19.2. The number of tetrazole rings is 1.